The molecule has 0 aliphatic heterocycles. The van der Waals surface area contributed by atoms with E-state index in [1.165, 1.54) is 18.2 Å². The highest BCUT2D eigenvalue weighted by Crippen LogP contribution is 2.44. The molecule has 0 aromatic heterocycles. The van der Waals surface area contributed by atoms with Crippen LogP contribution in [0.4, 0.5) is 10.5 Å². The van der Waals surface area contributed by atoms with E-state index in [0.717, 1.165) is 22.3 Å². The first-order chi connectivity index (χ1) is 16.4. The summed E-state index contributed by atoms with van der Waals surface area (Å²) in [7, 11) is 0. The number of hydrogen-bond donors (Lipinski definition) is 3. The van der Waals surface area contributed by atoms with Gasteiger partial charge in [0.25, 0.3) is 5.91 Å². The van der Waals surface area contributed by atoms with Gasteiger partial charge in [-0.25, -0.2) is 9.59 Å². The normalized spacial score (nSPS) is 11.4. The number of carbonyl (C=O) groups excluding carboxylic acids is 2. The van der Waals surface area contributed by atoms with E-state index < -0.39 is 18.0 Å². The predicted molar refractivity (Wildman–Crippen MR) is 131 cm³/mol. The molecular formula is C26H19BrN2O5. The molecule has 0 fully saturated rings. The molecule has 0 bridgehead atoms. The highest BCUT2D eigenvalue weighted by Gasteiger charge is 2.28. The highest BCUT2D eigenvalue weighted by atomic mass is 79.9. The minimum Gasteiger partial charge on any atom is -0.478 e. The van der Waals surface area contributed by atoms with Crippen LogP contribution in [0, 0.1) is 11.8 Å². The molecule has 2 amide bonds. The Balaban J connectivity index is 1.29. The van der Waals surface area contributed by atoms with Crippen molar-refractivity contribution in [2.75, 3.05) is 18.5 Å². The maximum Gasteiger partial charge on any atom is 0.407 e. The number of hydrogen-bond acceptors (Lipinski definition) is 4. The van der Waals surface area contributed by atoms with Crippen molar-refractivity contribution in [3.63, 3.8) is 0 Å². The first-order valence-electron chi connectivity index (χ1n) is 10.4. The third-order valence-electron chi connectivity index (χ3n) is 5.33. The lowest BCUT2D eigenvalue weighted by atomic mass is 9.98. The second-order valence-electron chi connectivity index (χ2n) is 7.43. The van der Waals surface area contributed by atoms with E-state index in [2.05, 4.69) is 50.5 Å². The molecule has 0 saturated carbocycles. The van der Waals surface area contributed by atoms with Gasteiger partial charge in [-0.15, -0.1) is 0 Å². The number of rotatable bonds is 5. The van der Waals surface area contributed by atoms with Gasteiger partial charge in [-0.3, -0.25) is 4.79 Å². The summed E-state index contributed by atoms with van der Waals surface area (Å²) in [5.41, 5.74) is 4.83. The number of carboxylic acids is 1. The fourth-order valence-corrected chi connectivity index (χ4v) is 4.14. The third kappa shape index (κ3) is 5.11. The number of halogens is 1. The standard InChI is InChI=1S/C26H19BrN2O5/c27-22-12-11-16(25(31)32)14-23(22)29-24(30)10-5-13-28-26(33)34-15-21-19-8-3-1-6-17(19)18-7-2-4-9-20(18)21/h1-4,6-9,11-12,14,21H,13,15H2,(H,28,33)(H,29,30)(H,31,32). The van der Waals surface area contributed by atoms with E-state index in [0.29, 0.717) is 4.47 Å². The van der Waals surface area contributed by atoms with Gasteiger partial charge >= 0.3 is 12.1 Å². The molecule has 0 saturated heterocycles. The molecule has 3 aromatic carbocycles. The van der Waals surface area contributed by atoms with Crippen LogP contribution in [0.5, 0.6) is 0 Å². The summed E-state index contributed by atoms with van der Waals surface area (Å²) >= 11 is 3.25. The van der Waals surface area contributed by atoms with Gasteiger partial charge in [-0.2, -0.15) is 0 Å². The number of fused-ring (bicyclic) bond motifs is 3. The molecule has 0 heterocycles. The van der Waals surface area contributed by atoms with Crippen LogP contribution in [0.15, 0.2) is 71.2 Å². The average Bonchev–Trinajstić information content (AvgIpc) is 3.15. The van der Waals surface area contributed by atoms with Gasteiger partial charge in [-0.1, -0.05) is 54.5 Å². The van der Waals surface area contributed by atoms with Crippen molar-refractivity contribution in [1.29, 1.82) is 0 Å². The quantitative estimate of drug-likeness (QED) is 0.427. The maximum atomic E-state index is 12.1. The van der Waals surface area contributed by atoms with Crippen molar-refractivity contribution in [1.82, 2.24) is 5.32 Å². The van der Waals surface area contributed by atoms with Gasteiger partial charge in [0.2, 0.25) is 0 Å². The molecule has 34 heavy (non-hydrogen) atoms. The Kier molecular flexibility index (Phi) is 6.95. The number of benzene rings is 3. The summed E-state index contributed by atoms with van der Waals surface area (Å²) in [4.78, 5) is 35.2. The SMILES string of the molecule is O=C(C#CCNC(=O)OCC1c2ccccc2-c2ccccc21)Nc1cc(C(=O)O)ccc1Br. The predicted octanol–water partition coefficient (Wildman–Crippen LogP) is 4.63. The Morgan fingerprint density at radius 3 is 2.26 bits per heavy atom. The molecule has 1 aliphatic carbocycles. The van der Waals surface area contributed by atoms with E-state index >= 15 is 0 Å². The molecule has 3 N–H and O–H groups in total. The van der Waals surface area contributed by atoms with E-state index in [9.17, 15) is 14.4 Å². The third-order valence-corrected chi connectivity index (χ3v) is 6.02. The van der Waals surface area contributed by atoms with E-state index in [1.54, 1.807) is 0 Å². The van der Waals surface area contributed by atoms with Gasteiger partial charge in [0.15, 0.2) is 0 Å². The van der Waals surface area contributed by atoms with Crippen LogP contribution < -0.4 is 10.6 Å². The monoisotopic (exact) mass is 518 g/mol. The minimum atomic E-state index is -1.11. The number of anilines is 1. The Bertz CT molecular complexity index is 1300. The van der Waals surface area contributed by atoms with Crippen molar-refractivity contribution in [3.05, 3.63) is 87.9 Å². The lowest BCUT2D eigenvalue weighted by molar-refractivity contribution is -0.111. The number of carbonyl (C=O) groups is 3. The second kappa shape index (κ2) is 10.2. The molecule has 0 radical (unpaired) electrons. The fourth-order valence-electron chi connectivity index (χ4n) is 3.80. The summed E-state index contributed by atoms with van der Waals surface area (Å²) in [6.07, 6.45) is -0.631. The van der Waals surface area contributed by atoms with Crippen molar-refractivity contribution in [3.8, 4) is 23.0 Å². The van der Waals surface area contributed by atoms with Crippen LogP contribution in [0.2, 0.25) is 0 Å². The van der Waals surface area contributed by atoms with E-state index in [4.69, 9.17) is 9.84 Å². The Morgan fingerprint density at radius 2 is 1.62 bits per heavy atom. The number of ether oxygens (including phenoxy) is 1. The van der Waals surface area contributed by atoms with Gasteiger partial charge in [0.1, 0.15) is 6.61 Å². The minimum absolute atomic E-state index is 0.0309. The van der Waals surface area contributed by atoms with Gasteiger partial charge in [0.05, 0.1) is 17.8 Å². The summed E-state index contributed by atoms with van der Waals surface area (Å²) in [5, 5.41) is 14.1. The molecule has 3 aromatic rings. The molecule has 4 rings (SSSR count). The van der Waals surface area contributed by atoms with E-state index in [1.807, 2.05) is 36.4 Å². The van der Waals surface area contributed by atoms with Crippen LogP contribution in [-0.4, -0.2) is 36.2 Å². The smallest absolute Gasteiger partial charge is 0.407 e. The molecule has 170 valence electrons. The zero-order chi connectivity index (χ0) is 24.1. The Morgan fingerprint density at radius 1 is 0.971 bits per heavy atom. The second-order valence-corrected chi connectivity index (χ2v) is 8.29. The highest BCUT2D eigenvalue weighted by molar-refractivity contribution is 9.10. The molecule has 0 unspecified atom stereocenters. The number of carboxylic acid groups (broad SMARTS) is 1. The van der Waals surface area contributed by atoms with E-state index in [-0.39, 0.29) is 30.3 Å². The number of aromatic carboxylic acids is 1. The van der Waals surface area contributed by atoms with Crippen LogP contribution in [0.3, 0.4) is 0 Å². The summed E-state index contributed by atoms with van der Waals surface area (Å²) in [5.74, 6) is 3.10. The van der Waals surface area contributed by atoms with Crippen LogP contribution >= 0.6 is 15.9 Å². The van der Waals surface area contributed by atoms with Crippen LogP contribution in [0.25, 0.3) is 11.1 Å². The van der Waals surface area contributed by atoms with Crippen molar-refractivity contribution in [2.45, 2.75) is 5.92 Å². The summed E-state index contributed by atoms with van der Waals surface area (Å²) in [6.45, 7) is 0.0994. The lowest BCUT2D eigenvalue weighted by Gasteiger charge is -2.14. The summed E-state index contributed by atoms with van der Waals surface area (Å²) in [6, 6.07) is 20.4. The molecule has 8 heteroatoms. The maximum absolute atomic E-state index is 12.1. The zero-order valence-electron chi connectivity index (χ0n) is 17.8. The van der Waals surface area contributed by atoms with Crippen LogP contribution in [-0.2, 0) is 9.53 Å². The molecular weight excluding hydrogens is 500 g/mol. The zero-order valence-corrected chi connectivity index (χ0v) is 19.4. The van der Waals surface area contributed by atoms with Gasteiger partial charge in [-0.05, 0) is 62.3 Å². The largest absolute Gasteiger partial charge is 0.478 e. The number of amides is 2. The molecule has 0 spiro atoms. The Hall–Kier alpha value is -4.09. The van der Waals surface area contributed by atoms with Crippen molar-refractivity contribution in [2.24, 2.45) is 0 Å². The lowest BCUT2D eigenvalue weighted by Crippen LogP contribution is -2.26. The first kappa shape index (κ1) is 23.1. The Labute approximate surface area is 204 Å². The van der Waals surface area contributed by atoms with Gasteiger partial charge in [0, 0.05) is 10.4 Å². The summed E-state index contributed by atoms with van der Waals surface area (Å²) < 4.78 is 5.93. The molecule has 1 aliphatic rings. The number of nitrogens with one attached hydrogen (secondary N) is 2. The topological polar surface area (TPSA) is 105 Å². The van der Waals surface area contributed by atoms with Crippen molar-refractivity contribution < 1.29 is 24.2 Å². The van der Waals surface area contributed by atoms with Crippen LogP contribution in [0.1, 0.15) is 27.4 Å². The van der Waals surface area contributed by atoms with Gasteiger partial charge < -0.3 is 20.5 Å². The fraction of sp³-hybridized carbons (Fsp3) is 0.115. The average molecular weight is 519 g/mol. The number of alkyl carbamates (subject to hydrolysis) is 1. The van der Waals surface area contributed by atoms with Crippen molar-refractivity contribution >= 4 is 39.6 Å². The molecule has 7 nitrogen and oxygen atoms in total. The first-order valence-corrected chi connectivity index (χ1v) is 11.1. The molecule has 0 atom stereocenters.